The topological polar surface area (TPSA) is 116 Å². The molecule has 9 nitrogen and oxygen atoms in total. The van der Waals surface area contributed by atoms with Crippen LogP contribution in [0.2, 0.25) is 0 Å². The van der Waals surface area contributed by atoms with Crippen LogP contribution in [0.3, 0.4) is 0 Å². The molecule has 1 heterocycles. The fourth-order valence-electron chi connectivity index (χ4n) is 2.92. The van der Waals surface area contributed by atoms with Crippen LogP contribution in [0.15, 0.2) is 45.3 Å². The molecule has 0 saturated carbocycles. The summed E-state index contributed by atoms with van der Waals surface area (Å²) in [5.74, 6) is 1.73. The van der Waals surface area contributed by atoms with Crippen LogP contribution in [-0.2, 0) is 30.9 Å². The molecule has 1 aliphatic heterocycles. The van der Waals surface area contributed by atoms with Gasteiger partial charge in [-0.2, -0.15) is 0 Å². The standard InChI is InChI=1S/C12H17BrO4.C8H8Br2O.C4H10O3.C4H8O.Na.H/c1-15-12-3-2-11(13)8-10(12)9-17-7-6-16-5-4-14;1-11-8-3-2-7(10)4-6(8)5-9;5-1-3-7-4-2-6;1-2-4-5-3-1;;/h2-3,8,14H,4-7,9H2,1H3;2-4H,5H2,1H3;5-6H,1-4H2;1-4H2;;/q;;;;+1;-1. The van der Waals surface area contributed by atoms with E-state index in [4.69, 9.17) is 39.0 Å². The first kappa shape index (κ1) is 43.3. The van der Waals surface area contributed by atoms with E-state index in [1.807, 2.05) is 36.4 Å². The van der Waals surface area contributed by atoms with E-state index < -0.39 is 0 Å². The van der Waals surface area contributed by atoms with Gasteiger partial charge in [0.15, 0.2) is 0 Å². The Bertz CT molecular complexity index is 858. The minimum absolute atomic E-state index is 0. The molecule has 0 atom stereocenters. The molecule has 1 saturated heterocycles. The second-order valence-electron chi connectivity index (χ2n) is 7.81. The SMILES string of the molecule is C1CCOC1.COc1ccc(Br)cc1CBr.COc1ccc(Br)cc1COCCOCCO.OCCOCCO.[H-].[Na+]. The molecule has 13 heteroatoms. The Kier molecular flexibility index (Phi) is 33.4. The molecule has 0 unspecified atom stereocenters. The fraction of sp³-hybridized carbons (Fsp3) is 0.571. The molecule has 3 N–H and O–H groups in total. The molecule has 2 aromatic carbocycles. The summed E-state index contributed by atoms with van der Waals surface area (Å²) in [6.45, 7) is 4.54. The van der Waals surface area contributed by atoms with Crippen LogP contribution in [0.4, 0.5) is 0 Å². The number of ether oxygens (including phenoxy) is 6. The van der Waals surface area contributed by atoms with Gasteiger partial charge < -0.3 is 45.2 Å². The predicted octanol–water partition coefficient (Wildman–Crippen LogP) is 2.24. The first-order chi connectivity index (χ1) is 19.5. The molecule has 0 radical (unpaired) electrons. The number of aliphatic hydroxyl groups is 3. The molecule has 0 amide bonds. The number of aliphatic hydroxyl groups excluding tert-OH is 3. The molecule has 0 aromatic heterocycles. The zero-order valence-corrected chi connectivity index (χ0v) is 31.0. The van der Waals surface area contributed by atoms with Crippen LogP contribution < -0.4 is 39.0 Å². The third kappa shape index (κ3) is 24.2. The maximum absolute atomic E-state index is 8.51. The molecule has 0 bridgehead atoms. The van der Waals surface area contributed by atoms with Crippen molar-refractivity contribution in [1.82, 2.24) is 0 Å². The smallest absolute Gasteiger partial charge is 1.00 e. The molecule has 41 heavy (non-hydrogen) atoms. The van der Waals surface area contributed by atoms with Crippen molar-refractivity contribution in [3.05, 3.63) is 56.5 Å². The molecule has 3 rings (SSSR count). The fourth-order valence-corrected chi connectivity index (χ4v) is 4.17. The summed E-state index contributed by atoms with van der Waals surface area (Å²) < 4.78 is 32.6. The average Bonchev–Trinajstić information content (AvgIpc) is 3.57. The Balaban J connectivity index is -0.000000523. The van der Waals surface area contributed by atoms with Gasteiger partial charge in [-0.25, -0.2) is 0 Å². The van der Waals surface area contributed by atoms with Crippen molar-refractivity contribution in [2.45, 2.75) is 24.8 Å². The van der Waals surface area contributed by atoms with Gasteiger partial charge >= 0.3 is 29.6 Å². The largest absolute Gasteiger partial charge is 1.00 e. The average molecular weight is 787 g/mol. The van der Waals surface area contributed by atoms with E-state index in [2.05, 4.69) is 52.5 Å². The van der Waals surface area contributed by atoms with Crippen molar-refractivity contribution in [3.63, 3.8) is 0 Å². The number of halogens is 3. The normalized spacial score (nSPS) is 11.5. The van der Waals surface area contributed by atoms with Crippen molar-refractivity contribution in [1.29, 1.82) is 0 Å². The maximum atomic E-state index is 8.51. The van der Waals surface area contributed by atoms with Crippen LogP contribution in [-0.4, -0.2) is 95.6 Å². The van der Waals surface area contributed by atoms with E-state index in [9.17, 15) is 0 Å². The minimum atomic E-state index is 0. The van der Waals surface area contributed by atoms with Crippen LogP contribution >= 0.6 is 47.8 Å². The quantitative estimate of drug-likeness (QED) is 0.151. The minimum Gasteiger partial charge on any atom is -1.00 e. The van der Waals surface area contributed by atoms with Gasteiger partial charge in [-0.15, -0.1) is 0 Å². The van der Waals surface area contributed by atoms with Gasteiger partial charge in [-0.3, -0.25) is 0 Å². The van der Waals surface area contributed by atoms with E-state index in [-0.39, 0.29) is 50.8 Å². The Hall–Kier alpha value is 0.200. The van der Waals surface area contributed by atoms with Crippen LogP contribution in [0.1, 0.15) is 25.4 Å². The third-order valence-corrected chi connectivity index (χ3v) is 6.38. The Morgan fingerprint density at radius 1 is 0.707 bits per heavy atom. The zero-order chi connectivity index (χ0) is 29.8. The number of methoxy groups -OCH3 is 2. The van der Waals surface area contributed by atoms with E-state index in [1.165, 1.54) is 12.8 Å². The van der Waals surface area contributed by atoms with E-state index in [0.717, 1.165) is 50.1 Å². The number of benzene rings is 2. The molecule has 232 valence electrons. The first-order valence-electron chi connectivity index (χ1n) is 12.8. The van der Waals surface area contributed by atoms with Gasteiger partial charge in [0.2, 0.25) is 0 Å². The van der Waals surface area contributed by atoms with E-state index in [0.29, 0.717) is 39.6 Å². The van der Waals surface area contributed by atoms with Gasteiger partial charge in [0.05, 0.1) is 73.7 Å². The molecule has 1 aliphatic rings. The summed E-state index contributed by atoms with van der Waals surface area (Å²) in [6.07, 6.45) is 2.56. The Morgan fingerprint density at radius 2 is 1.15 bits per heavy atom. The molecule has 0 spiro atoms. The third-order valence-electron chi connectivity index (χ3n) is 4.79. The first-order valence-corrected chi connectivity index (χ1v) is 15.5. The molecular formula is C28H44Br3NaO9. The van der Waals surface area contributed by atoms with Crippen molar-refractivity contribution in [3.8, 4) is 11.5 Å². The number of rotatable bonds is 14. The summed E-state index contributed by atoms with van der Waals surface area (Å²) in [5, 5.41) is 25.5. The van der Waals surface area contributed by atoms with Crippen molar-refractivity contribution >= 4 is 47.8 Å². The van der Waals surface area contributed by atoms with Crippen LogP contribution in [0.25, 0.3) is 0 Å². The summed E-state index contributed by atoms with van der Waals surface area (Å²) in [4.78, 5) is 0. The Morgan fingerprint density at radius 3 is 1.56 bits per heavy atom. The summed E-state index contributed by atoms with van der Waals surface area (Å²) in [7, 11) is 3.31. The van der Waals surface area contributed by atoms with Crippen LogP contribution in [0, 0.1) is 0 Å². The Labute approximate surface area is 293 Å². The molecular weight excluding hydrogens is 743 g/mol. The monoisotopic (exact) mass is 784 g/mol. The number of hydrogen-bond donors (Lipinski definition) is 3. The molecule has 2 aromatic rings. The van der Waals surface area contributed by atoms with E-state index >= 15 is 0 Å². The van der Waals surface area contributed by atoms with Gasteiger partial charge in [0, 0.05) is 38.6 Å². The van der Waals surface area contributed by atoms with Gasteiger partial charge in [0.25, 0.3) is 0 Å². The van der Waals surface area contributed by atoms with E-state index in [1.54, 1.807) is 14.2 Å². The summed E-state index contributed by atoms with van der Waals surface area (Å²) in [6, 6.07) is 11.7. The van der Waals surface area contributed by atoms with Crippen molar-refractivity contribution in [2.75, 3.05) is 80.3 Å². The molecule has 0 aliphatic carbocycles. The summed E-state index contributed by atoms with van der Waals surface area (Å²) in [5.41, 5.74) is 2.14. The predicted molar refractivity (Wildman–Crippen MR) is 168 cm³/mol. The van der Waals surface area contributed by atoms with Crippen LogP contribution in [0.5, 0.6) is 11.5 Å². The van der Waals surface area contributed by atoms with Crippen molar-refractivity contribution in [2.24, 2.45) is 0 Å². The second kappa shape index (κ2) is 31.6. The van der Waals surface area contributed by atoms with Gasteiger partial charge in [-0.1, -0.05) is 47.8 Å². The maximum Gasteiger partial charge on any atom is 1.00 e. The van der Waals surface area contributed by atoms with Gasteiger partial charge in [0.1, 0.15) is 11.5 Å². The number of alkyl halides is 1. The molecule has 1 fully saturated rings. The van der Waals surface area contributed by atoms with Crippen molar-refractivity contribution < 1.29 is 74.7 Å². The zero-order valence-electron chi connectivity index (χ0n) is 25.3. The van der Waals surface area contributed by atoms with Gasteiger partial charge in [-0.05, 0) is 49.2 Å². The second-order valence-corrected chi connectivity index (χ2v) is 10.2. The number of hydrogen-bond acceptors (Lipinski definition) is 9. The summed E-state index contributed by atoms with van der Waals surface area (Å²) >= 11 is 10.2.